The van der Waals surface area contributed by atoms with Gasteiger partial charge in [-0.05, 0) is 17.7 Å². The molecule has 0 radical (unpaired) electrons. The van der Waals surface area contributed by atoms with Crippen molar-refractivity contribution in [3.05, 3.63) is 42.0 Å². The van der Waals surface area contributed by atoms with Gasteiger partial charge in [0.2, 0.25) is 0 Å². The average molecular weight is 234 g/mol. The molecule has 0 unspecified atom stereocenters. The van der Waals surface area contributed by atoms with Crippen LogP contribution in [0.5, 0.6) is 0 Å². The van der Waals surface area contributed by atoms with Gasteiger partial charge >= 0.3 is 0 Å². The maximum Gasteiger partial charge on any atom is 0.142 e. The van der Waals surface area contributed by atoms with E-state index in [0.29, 0.717) is 6.54 Å². The van der Waals surface area contributed by atoms with Crippen LogP contribution in [0.2, 0.25) is 0 Å². The van der Waals surface area contributed by atoms with Gasteiger partial charge in [-0.3, -0.25) is 0 Å². The molecule has 0 saturated carbocycles. The summed E-state index contributed by atoms with van der Waals surface area (Å²) in [6.07, 6.45) is 1.72. The zero-order chi connectivity index (χ0) is 11.4. The molecule has 0 bridgehead atoms. The van der Waals surface area contributed by atoms with Crippen LogP contribution in [-0.2, 0) is 19.3 Å². The van der Waals surface area contributed by atoms with Gasteiger partial charge in [-0.1, -0.05) is 12.1 Å². The number of thioether (sulfide) groups is 1. The topological polar surface area (TPSA) is 56.7 Å². The number of hydrogen-bond donors (Lipinski definition) is 1. The molecule has 1 heterocycles. The van der Waals surface area contributed by atoms with E-state index in [2.05, 4.69) is 34.5 Å². The van der Waals surface area contributed by atoms with Crippen LogP contribution in [0, 0.1) is 0 Å². The quantitative estimate of drug-likeness (QED) is 0.816. The molecule has 0 spiro atoms. The number of benzene rings is 1. The van der Waals surface area contributed by atoms with Crippen LogP contribution in [0.25, 0.3) is 0 Å². The summed E-state index contributed by atoms with van der Waals surface area (Å²) in [6.45, 7) is 0.592. The zero-order valence-corrected chi connectivity index (χ0v) is 9.94. The maximum atomic E-state index is 5.54. The van der Waals surface area contributed by atoms with Gasteiger partial charge in [0, 0.05) is 18.5 Å². The maximum absolute atomic E-state index is 5.54. The molecule has 2 aromatic rings. The first-order valence-corrected chi connectivity index (χ1v) is 6.03. The van der Waals surface area contributed by atoms with E-state index in [1.807, 2.05) is 11.6 Å². The lowest BCUT2D eigenvalue weighted by Gasteiger charge is -2.02. The van der Waals surface area contributed by atoms with E-state index in [0.717, 1.165) is 17.1 Å². The Balaban J connectivity index is 1.97. The fraction of sp³-hybridized carbons (Fsp3) is 0.273. The molecule has 2 rings (SSSR count). The summed E-state index contributed by atoms with van der Waals surface area (Å²) >= 11 is 1.75. The van der Waals surface area contributed by atoms with Crippen LogP contribution in [0.4, 0.5) is 0 Å². The molecule has 4 nitrogen and oxygen atoms in total. The lowest BCUT2D eigenvalue weighted by Crippen LogP contribution is -1.96. The van der Waals surface area contributed by atoms with Gasteiger partial charge in [0.05, 0.1) is 5.75 Å². The third kappa shape index (κ3) is 2.62. The monoisotopic (exact) mass is 234 g/mol. The van der Waals surface area contributed by atoms with Gasteiger partial charge in [0.1, 0.15) is 12.2 Å². The molecule has 0 amide bonds. The van der Waals surface area contributed by atoms with E-state index in [1.54, 1.807) is 18.1 Å². The van der Waals surface area contributed by atoms with E-state index < -0.39 is 0 Å². The summed E-state index contributed by atoms with van der Waals surface area (Å²) in [5, 5.41) is 7.88. The minimum Gasteiger partial charge on any atom is -0.326 e. The van der Waals surface area contributed by atoms with Crippen molar-refractivity contribution in [1.29, 1.82) is 0 Å². The number of nitrogens with two attached hydrogens (primary N) is 1. The van der Waals surface area contributed by atoms with Crippen LogP contribution >= 0.6 is 11.8 Å². The fourth-order valence-corrected chi connectivity index (χ4v) is 2.19. The van der Waals surface area contributed by atoms with Crippen molar-refractivity contribution in [1.82, 2.24) is 14.8 Å². The second kappa shape index (κ2) is 5.14. The Kier molecular flexibility index (Phi) is 3.58. The van der Waals surface area contributed by atoms with E-state index >= 15 is 0 Å². The third-order valence-electron chi connectivity index (χ3n) is 2.33. The van der Waals surface area contributed by atoms with Crippen molar-refractivity contribution in [3.63, 3.8) is 0 Å². The molecule has 0 fully saturated rings. The third-order valence-corrected chi connectivity index (χ3v) is 3.34. The molecule has 1 aromatic heterocycles. The molecule has 1 aromatic carbocycles. The highest BCUT2D eigenvalue weighted by atomic mass is 32.2. The summed E-state index contributed by atoms with van der Waals surface area (Å²) in [5.41, 5.74) is 6.70. The number of aromatic nitrogens is 3. The van der Waals surface area contributed by atoms with Crippen LogP contribution < -0.4 is 5.73 Å². The van der Waals surface area contributed by atoms with E-state index in [1.165, 1.54) is 4.90 Å². The minimum absolute atomic E-state index is 0.592. The van der Waals surface area contributed by atoms with Crippen LogP contribution in [0.15, 0.2) is 35.5 Å². The minimum atomic E-state index is 0.592. The second-order valence-electron chi connectivity index (χ2n) is 3.49. The summed E-state index contributed by atoms with van der Waals surface area (Å²) in [7, 11) is 1.95. The molecule has 0 saturated heterocycles. The zero-order valence-electron chi connectivity index (χ0n) is 9.13. The normalized spacial score (nSPS) is 10.6. The van der Waals surface area contributed by atoms with Gasteiger partial charge in [-0.2, -0.15) is 0 Å². The first-order valence-electron chi connectivity index (χ1n) is 5.04. The molecule has 0 atom stereocenters. The van der Waals surface area contributed by atoms with Crippen LogP contribution in [0.1, 0.15) is 11.4 Å². The lowest BCUT2D eigenvalue weighted by atomic mass is 10.2. The molecule has 0 aliphatic carbocycles. The Morgan fingerprint density at radius 2 is 2.06 bits per heavy atom. The number of nitrogens with zero attached hydrogens (tertiary/aromatic N) is 3. The smallest absolute Gasteiger partial charge is 0.142 e. The number of hydrogen-bond acceptors (Lipinski definition) is 4. The molecule has 0 aliphatic heterocycles. The molecular formula is C11H14N4S. The van der Waals surface area contributed by atoms with Gasteiger partial charge in [-0.25, -0.2) is 0 Å². The van der Waals surface area contributed by atoms with E-state index in [-0.39, 0.29) is 0 Å². The molecule has 0 aliphatic rings. The first-order chi connectivity index (χ1) is 7.79. The summed E-state index contributed by atoms with van der Waals surface area (Å²) < 4.78 is 1.93. The Hall–Kier alpha value is -1.33. The molecule has 5 heteroatoms. The van der Waals surface area contributed by atoms with Crippen molar-refractivity contribution in [2.24, 2.45) is 12.8 Å². The van der Waals surface area contributed by atoms with Crippen molar-refractivity contribution >= 4 is 11.8 Å². The standard InChI is InChI=1S/C11H14N4S/c1-15-8-13-14-11(15)7-16-10-4-2-9(6-12)3-5-10/h2-5,8H,6-7,12H2,1H3. The van der Waals surface area contributed by atoms with Gasteiger partial charge in [0.15, 0.2) is 0 Å². The Labute approximate surface area is 98.9 Å². The average Bonchev–Trinajstić information content (AvgIpc) is 2.73. The van der Waals surface area contributed by atoms with E-state index in [4.69, 9.17) is 5.73 Å². The van der Waals surface area contributed by atoms with Crippen LogP contribution in [0.3, 0.4) is 0 Å². The molecule has 16 heavy (non-hydrogen) atoms. The summed E-state index contributed by atoms with van der Waals surface area (Å²) in [6, 6.07) is 8.28. The van der Waals surface area contributed by atoms with Crippen LogP contribution in [-0.4, -0.2) is 14.8 Å². The Morgan fingerprint density at radius 3 is 2.62 bits per heavy atom. The van der Waals surface area contributed by atoms with Crippen molar-refractivity contribution in [2.75, 3.05) is 0 Å². The molecule has 84 valence electrons. The van der Waals surface area contributed by atoms with Crippen molar-refractivity contribution in [2.45, 2.75) is 17.2 Å². The van der Waals surface area contributed by atoms with Gasteiger partial charge in [0.25, 0.3) is 0 Å². The number of rotatable bonds is 4. The number of aryl methyl sites for hydroxylation is 1. The second-order valence-corrected chi connectivity index (χ2v) is 4.54. The molecular weight excluding hydrogens is 220 g/mol. The summed E-state index contributed by atoms with van der Waals surface area (Å²) in [4.78, 5) is 1.22. The SMILES string of the molecule is Cn1cnnc1CSc1ccc(CN)cc1. The van der Waals surface area contributed by atoms with Gasteiger partial charge < -0.3 is 10.3 Å². The highest BCUT2D eigenvalue weighted by molar-refractivity contribution is 7.98. The largest absolute Gasteiger partial charge is 0.326 e. The Morgan fingerprint density at radius 1 is 1.31 bits per heavy atom. The Bertz CT molecular complexity index is 449. The highest BCUT2D eigenvalue weighted by Gasteiger charge is 2.01. The van der Waals surface area contributed by atoms with E-state index in [9.17, 15) is 0 Å². The summed E-state index contributed by atoms with van der Waals surface area (Å²) in [5.74, 6) is 1.81. The van der Waals surface area contributed by atoms with Crippen molar-refractivity contribution < 1.29 is 0 Å². The fourth-order valence-electron chi connectivity index (χ4n) is 1.31. The predicted molar refractivity (Wildman–Crippen MR) is 64.9 cm³/mol. The lowest BCUT2D eigenvalue weighted by molar-refractivity contribution is 0.849. The predicted octanol–water partition coefficient (Wildman–Crippen LogP) is 1.57. The molecule has 2 N–H and O–H groups in total. The first kappa shape index (κ1) is 11.2. The highest BCUT2D eigenvalue weighted by Crippen LogP contribution is 2.21. The van der Waals surface area contributed by atoms with Gasteiger partial charge in [-0.15, -0.1) is 22.0 Å². The van der Waals surface area contributed by atoms with Crippen molar-refractivity contribution in [3.8, 4) is 0 Å².